The van der Waals surface area contributed by atoms with Crippen LogP contribution in [0, 0.1) is 0 Å². The number of para-hydroxylation sites is 3. The molecule has 0 amide bonds. The molecule has 0 bridgehead atoms. The van der Waals surface area contributed by atoms with E-state index in [1.165, 1.54) is 27.9 Å². The summed E-state index contributed by atoms with van der Waals surface area (Å²) < 4.78 is 15.5. The van der Waals surface area contributed by atoms with Crippen molar-refractivity contribution in [2.45, 2.75) is 39.5 Å². The lowest BCUT2D eigenvalue weighted by molar-refractivity contribution is 0.628. The van der Waals surface area contributed by atoms with Crippen LogP contribution >= 0.6 is 0 Å². The highest BCUT2D eigenvalue weighted by Crippen LogP contribution is 2.43. The molecule has 0 radical (unpaired) electrons. The van der Waals surface area contributed by atoms with Crippen LogP contribution in [-0.2, 0) is 0 Å². The highest BCUT2D eigenvalue weighted by Gasteiger charge is 2.25. The van der Waals surface area contributed by atoms with Gasteiger partial charge in [0, 0.05) is 27.8 Å². The Labute approximate surface area is 285 Å². The lowest BCUT2D eigenvalue weighted by Gasteiger charge is -2.24. The molecule has 6 aromatic carbocycles. The molecule has 0 atom stereocenters. The third kappa shape index (κ3) is 4.78. The predicted molar refractivity (Wildman–Crippen MR) is 203 cm³/mol. The van der Waals surface area contributed by atoms with Crippen LogP contribution in [0.5, 0.6) is 0 Å². The first-order valence-corrected chi connectivity index (χ1v) is 17.1. The average Bonchev–Trinajstić information content (AvgIpc) is 3.83. The van der Waals surface area contributed by atoms with Gasteiger partial charge in [-0.1, -0.05) is 113 Å². The summed E-state index contributed by atoms with van der Waals surface area (Å²) in [5, 5.41) is 3.17. The molecule has 0 unspecified atom stereocenters. The van der Waals surface area contributed by atoms with Crippen LogP contribution in [0.1, 0.15) is 50.7 Å². The Bertz CT molecular complexity index is 2630. The molecule has 0 aliphatic rings. The van der Waals surface area contributed by atoms with Gasteiger partial charge in [-0.15, -0.1) is 0 Å². The van der Waals surface area contributed by atoms with E-state index < -0.39 is 0 Å². The minimum atomic E-state index is 0.281. The van der Waals surface area contributed by atoms with E-state index in [1.807, 2.05) is 24.3 Å². The van der Waals surface area contributed by atoms with Crippen LogP contribution in [0.15, 0.2) is 142 Å². The van der Waals surface area contributed by atoms with Gasteiger partial charge >= 0.3 is 0 Å². The largest absolute Gasteiger partial charge is 0.456 e. The second-order valence-corrected chi connectivity index (χ2v) is 13.6. The Morgan fingerprint density at radius 3 is 1.94 bits per heavy atom. The molecule has 3 aromatic heterocycles. The number of imidazole rings is 1. The molecule has 0 saturated carbocycles. The highest BCUT2D eigenvalue weighted by molar-refractivity contribution is 6.13. The number of aromatic nitrogens is 2. The molecule has 9 rings (SSSR count). The number of nitrogens with zero attached hydrogens (tertiary/aromatic N) is 2. The van der Waals surface area contributed by atoms with Crippen molar-refractivity contribution in [1.82, 2.24) is 9.55 Å². The zero-order chi connectivity index (χ0) is 33.2. The summed E-state index contributed by atoms with van der Waals surface area (Å²) in [5.74, 6) is 2.28. The molecule has 238 valence electrons. The van der Waals surface area contributed by atoms with E-state index in [0.29, 0.717) is 0 Å². The van der Waals surface area contributed by atoms with E-state index in [4.69, 9.17) is 13.8 Å². The van der Waals surface area contributed by atoms with E-state index in [9.17, 15) is 0 Å². The van der Waals surface area contributed by atoms with E-state index >= 15 is 0 Å². The lowest BCUT2D eigenvalue weighted by atomic mass is 9.88. The van der Waals surface area contributed by atoms with Crippen LogP contribution < -0.4 is 0 Å². The number of rotatable bonds is 6. The molecule has 49 heavy (non-hydrogen) atoms. The van der Waals surface area contributed by atoms with E-state index in [1.54, 1.807) is 0 Å². The summed E-state index contributed by atoms with van der Waals surface area (Å²) in [6.07, 6.45) is 0. The zero-order valence-electron chi connectivity index (χ0n) is 28.1. The van der Waals surface area contributed by atoms with Gasteiger partial charge < -0.3 is 8.83 Å². The van der Waals surface area contributed by atoms with Gasteiger partial charge in [0.15, 0.2) is 0 Å². The summed E-state index contributed by atoms with van der Waals surface area (Å²) in [5.41, 5.74) is 12.7. The van der Waals surface area contributed by atoms with Crippen molar-refractivity contribution in [1.29, 1.82) is 0 Å². The van der Waals surface area contributed by atoms with Crippen LogP contribution in [-0.4, -0.2) is 9.55 Å². The quantitative estimate of drug-likeness (QED) is 0.182. The molecule has 4 nitrogen and oxygen atoms in total. The summed E-state index contributed by atoms with van der Waals surface area (Å²) in [7, 11) is 0. The molecular formula is C45H36N2O2. The molecule has 0 fully saturated rings. The Hall–Kier alpha value is -5.87. The first kappa shape index (κ1) is 29.3. The van der Waals surface area contributed by atoms with Crippen molar-refractivity contribution in [3.05, 3.63) is 145 Å². The second kappa shape index (κ2) is 11.4. The number of hydrogen-bond acceptors (Lipinski definition) is 3. The van der Waals surface area contributed by atoms with Crippen molar-refractivity contribution in [3.8, 4) is 39.5 Å². The molecule has 4 heteroatoms. The van der Waals surface area contributed by atoms with Crippen molar-refractivity contribution in [2.75, 3.05) is 0 Å². The van der Waals surface area contributed by atoms with E-state index in [2.05, 4.69) is 141 Å². The molecule has 9 aromatic rings. The summed E-state index contributed by atoms with van der Waals surface area (Å²) in [4.78, 5) is 5.34. The van der Waals surface area contributed by atoms with Crippen LogP contribution in [0.4, 0.5) is 0 Å². The maximum atomic E-state index is 6.77. The van der Waals surface area contributed by atoms with Gasteiger partial charge in [-0.25, -0.2) is 4.98 Å². The lowest BCUT2D eigenvalue weighted by Crippen LogP contribution is -2.09. The fraction of sp³-hybridized carbons (Fsp3) is 0.133. The monoisotopic (exact) mass is 636 g/mol. The van der Waals surface area contributed by atoms with E-state index in [-0.39, 0.29) is 11.8 Å². The van der Waals surface area contributed by atoms with Crippen molar-refractivity contribution in [3.63, 3.8) is 0 Å². The van der Waals surface area contributed by atoms with Gasteiger partial charge in [-0.2, -0.15) is 0 Å². The van der Waals surface area contributed by atoms with E-state index in [0.717, 1.165) is 66.7 Å². The van der Waals surface area contributed by atoms with Gasteiger partial charge in [0.1, 0.15) is 28.3 Å². The molecule has 0 saturated heterocycles. The number of furan rings is 2. The molecular weight excluding hydrogens is 601 g/mol. The Kier molecular flexibility index (Phi) is 6.80. The van der Waals surface area contributed by atoms with Gasteiger partial charge in [-0.3, -0.25) is 4.57 Å². The van der Waals surface area contributed by atoms with Crippen LogP contribution in [0.2, 0.25) is 0 Å². The standard InChI is InChI=1S/C45H36N2O2/c1-27(2)35-22-31(29-14-7-5-8-15-29)23-36(28(3)4)43(35)47-39-21-12-11-20-38(39)46-45(47)34-19-13-18-33-37-24-32-25-40(30-16-9-6-10-17-30)48-41(32)26-42(37)49-44(33)34/h5-28H,1-4H3. The topological polar surface area (TPSA) is 44.1 Å². The van der Waals surface area contributed by atoms with Gasteiger partial charge in [-0.05, 0) is 76.6 Å². The molecule has 0 N–H and O–H groups in total. The Morgan fingerprint density at radius 1 is 0.551 bits per heavy atom. The number of hydrogen-bond donors (Lipinski definition) is 0. The van der Waals surface area contributed by atoms with Crippen molar-refractivity contribution in [2.24, 2.45) is 0 Å². The maximum absolute atomic E-state index is 6.77. The summed E-state index contributed by atoms with van der Waals surface area (Å²) >= 11 is 0. The van der Waals surface area contributed by atoms with Gasteiger partial charge in [0.25, 0.3) is 0 Å². The third-order valence-corrected chi connectivity index (χ3v) is 9.74. The molecule has 0 spiro atoms. The minimum Gasteiger partial charge on any atom is -0.456 e. The average molecular weight is 637 g/mol. The van der Waals surface area contributed by atoms with Crippen molar-refractivity contribution < 1.29 is 8.83 Å². The van der Waals surface area contributed by atoms with Crippen LogP contribution in [0.25, 0.3) is 83.5 Å². The fourth-order valence-electron chi connectivity index (χ4n) is 7.30. The first-order chi connectivity index (χ1) is 23.9. The SMILES string of the molecule is CC(C)c1cc(-c2ccccc2)cc(C(C)C)c1-n1c(-c2cccc3c2oc2cc4oc(-c5ccccc5)cc4cc23)nc2ccccc21. The second-order valence-electron chi connectivity index (χ2n) is 13.6. The zero-order valence-corrected chi connectivity index (χ0v) is 28.1. The number of fused-ring (bicyclic) bond motifs is 5. The molecule has 0 aliphatic carbocycles. The molecule has 3 heterocycles. The molecule has 0 aliphatic heterocycles. The maximum Gasteiger partial charge on any atom is 0.149 e. The predicted octanol–water partition coefficient (Wildman–Crippen LogP) is 12.9. The fourth-order valence-corrected chi connectivity index (χ4v) is 7.30. The minimum absolute atomic E-state index is 0.281. The van der Waals surface area contributed by atoms with Crippen molar-refractivity contribution >= 4 is 43.9 Å². The van der Waals surface area contributed by atoms with Gasteiger partial charge in [0.2, 0.25) is 0 Å². The smallest absolute Gasteiger partial charge is 0.149 e. The highest BCUT2D eigenvalue weighted by atomic mass is 16.3. The number of benzene rings is 6. The summed E-state index contributed by atoms with van der Waals surface area (Å²) in [6.45, 7) is 9.15. The van der Waals surface area contributed by atoms with Crippen LogP contribution in [0.3, 0.4) is 0 Å². The first-order valence-electron chi connectivity index (χ1n) is 17.1. The normalized spacial score (nSPS) is 12.0. The summed E-state index contributed by atoms with van der Waals surface area (Å²) in [6, 6.07) is 46.9. The Balaban J connectivity index is 1.30. The Morgan fingerprint density at radius 2 is 1.22 bits per heavy atom. The van der Waals surface area contributed by atoms with Gasteiger partial charge in [0.05, 0.1) is 22.3 Å². The third-order valence-electron chi connectivity index (χ3n) is 9.74.